The second-order valence-corrected chi connectivity index (χ2v) is 10.7. The Morgan fingerprint density at radius 1 is 1.14 bits per heavy atom. The quantitative estimate of drug-likeness (QED) is 0.447. The second kappa shape index (κ2) is 10.6. The number of anilines is 1. The molecule has 0 bridgehead atoms. The minimum Gasteiger partial charge on any atom is -0.494 e. The Morgan fingerprint density at radius 3 is 2.49 bits per heavy atom. The van der Waals surface area contributed by atoms with Crippen molar-refractivity contribution >= 4 is 22.0 Å². The number of hydrogen-bond acceptors (Lipinski definition) is 8. The molecule has 4 rings (SSSR count). The molecule has 0 unspecified atom stereocenters. The zero-order chi connectivity index (χ0) is 26.7. The third kappa shape index (κ3) is 5.45. The van der Waals surface area contributed by atoms with Crippen LogP contribution in [0.4, 0.5) is 10.7 Å². The standard InChI is InChI=1S/C24H31N7O5S/c1-16-13-18(15-25-14-16)22-26-27-23(31(22)21-19(35-4)7-6-8-20(21)36-5)28-37(33,34)12-11-30-17(2)9-10-29(3)24(30)32/h6-8,13-15,17H,9-12H2,1-5H3,(H,27,28)/t17-/m1/s1. The van der Waals surface area contributed by atoms with Crippen molar-refractivity contribution in [3.05, 3.63) is 42.2 Å². The Bertz CT molecular complexity index is 1370. The second-order valence-electron chi connectivity index (χ2n) is 8.90. The molecule has 2 aromatic heterocycles. The highest BCUT2D eigenvalue weighted by Gasteiger charge is 2.30. The highest BCUT2D eigenvalue weighted by Crippen LogP contribution is 2.37. The van der Waals surface area contributed by atoms with Crippen LogP contribution in [0, 0.1) is 6.92 Å². The maximum absolute atomic E-state index is 13.2. The van der Waals surface area contributed by atoms with E-state index >= 15 is 0 Å². The Kier molecular flexibility index (Phi) is 7.52. The summed E-state index contributed by atoms with van der Waals surface area (Å²) in [7, 11) is 0.795. The molecular weight excluding hydrogens is 498 g/mol. The van der Waals surface area contributed by atoms with Gasteiger partial charge in [-0.3, -0.25) is 14.3 Å². The summed E-state index contributed by atoms with van der Waals surface area (Å²) in [6.45, 7) is 4.49. The van der Waals surface area contributed by atoms with Crippen LogP contribution in [-0.2, 0) is 10.0 Å². The summed E-state index contributed by atoms with van der Waals surface area (Å²) < 4.78 is 41.7. The molecule has 12 nitrogen and oxygen atoms in total. The molecule has 13 heteroatoms. The fraction of sp³-hybridized carbons (Fsp3) is 0.417. The highest BCUT2D eigenvalue weighted by molar-refractivity contribution is 7.92. The van der Waals surface area contributed by atoms with E-state index in [9.17, 15) is 13.2 Å². The van der Waals surface area contributed by atoms with E-state index in [1.165, 1.54) is 18.8 Å². The van der Waals surface area contributed by atoms with Crippen molar-refractivity contribution in [3.63, 3.8) is 0 Å². The van der Waals surface area contributed by atoms with E-state index in [-0.39, 0.29) is 30.3 Å². The van der Waals surface area contributed by atoms with Crippen LogP contribution in [0.1, 0.15) is 18.9 Å². The lowest BCUT2D eigenvalue weighted by molar-refractivity contribution is 0.118. The SMILES string of the molecule is COc1cccc(OC)c1-n1c(NS(=O)(=O)CCN2C(=O)N(C)CC[C@H]2C)nnc1-c1cncc(C)c1. The van der Waals surface area contributed by atoms with Gasteiger partial charge in [0, 0.05) is 44.1 Å². The van der Waals surface area contributed by atoms with Crippen molar-refractivity contribution in [2.24, 2.45) is 0 Å². The molecule has 0 spiro atoms. The molecule has 1 aromatic carbocycles. The number of amides is 2. The molecule has 0 aliphatic carbocycles. The first-order chi connectivity index (χ1) is 17.6. The molecule has 3 heterocycles. The number of aromatic nitrogens is 4. The maximum atomic E-state index is 13.2. The van der Waals surface area contributed by atoms with Crippen molar-refractivity contribution in [2.45, 2.75) is 26.3 Å². The summed E-state index contributed by atoms with van der Waals surface area (Å²) in [6, 6.07) is 6.85. The van der Waals surface area contributed by atoms with Crippen LogP contribution in [-0.4, -0.2) is 90.1 Å². The average Bonchev–Trinajstić information content (AvgIpc) is 3.27. The molecule has 1 N–H and O–H groups in total. The first-order valence-corrected chi connectivity index (χ1v) is 13.4. The van der Waals surface area contributed by atoms with Crippen molar-refractivity contribution < 1.29 is 22.7 Å². The Morgan fingerprint density at radius 2 is 1.84 bits per heavy atom. The molecule has 1 aliphatic rings. The van der Waals surface area contributed by atoms with E-state index in [4.69, 9.17) is 9.47 Å². The van der Waals surface area contributed by atoms with Crippen LogP contribution in [0.5, 0.6) is 11.5 Å². The number of nitrogens with one attached hydrogen (secondary N) is 1. The number of nitrogens with zero attached hydrogens (tertiary/aromatic N) is 6. The summed E-state index contributed by atoms with van der Waals surface area (Å²) >= 11 is 0. The van der Waals surface area contributed by atoms with Crippen LogP contribution >= 0.6 is 0 Å². The number of pyridine rings is 1. The minimum absolute atomic E-state index is 0.0421. The lowest BCUT2D eigenvalue weighted by atomic mass is 10.1. The Labute approximate surface area is 216 Å². The van der Waals surface area contributed by atoms with Gasteiger partial charge < -0.3 is 19.3 Å². The summed E-state index contributed by atoms with van der Waals surface area (Å²) in [5.74, 6) is 0.843. The molecule has 0 radical (unpaired) electrons. The van der Waals surface area contributed by atoms with E-state index in [0.29, 0.717) is 35.1 Å². The van der Waals surface area contributed by atoms with E-state index < -0.39 is 10.0 Å². The van der Waals surface area contributed by atoms with Gasteiger partial charge >= 0.3 is 6.03 Å². The smallest absolute Gasteiger partial charge is 0.320 e. The van der Waals surface area contributed by atoms with Crippen molar-refractivity contribution in [1.29, 1.82) is 0 Å². The van der Waals surface area contributed by atoms with Gasteiger partial charge in [-0.05, 0) is 44.0 Å². The monoisotopic (exact) mass is 529 g/mol. The van der Waals surface area contributed by atoms with E-state index in [1.807, 2.05) is 19.9 Å². The first-order valence-electron chi connectivity index (χ1n) is 11.8. The fourth-order valence-corrected chi connectivity index (χ4v) is 5.19. The number of benzene rings is 1. The third-order valence-corrected chi connectivity index (χ3v) is 7.47. The molecule has 1 atom stereocenters. The van der Waals surface area contributed by atoms with Gasteiger partial charge in [-0.1, -0.05) is 6.07 Å². The molecule has 1 fully saturated rings. The van der Waals surface area contributed by atoms with Crippen molar-refractivity contribution in [3.8, 4) is 28.6 Å². The molecular formula is C24H31N7O5S. The minimum atomic E-state index is -3.93. The summed E-state index contributed by atoms with van der Waals surface area (Å²) in [6.07, 6.45) is 4.09. The molecule has 1 aliphatic heterocycles. The van der Waals surface area contributed by atoms with Gasteiger partial charge in [-0.2, -0.15) is 0 Å². The lowest BCUT2D eigenvalue weighted by Crippen LogP contribution is -2.53. The van der Waals surface area contributed by atoms with E-state index in [2.05, 4.69) is 19.9 Å². The van der Waals surface area contributed by atoms with E-state index in [0.717, 1.165) is 12.0 Å². The molecule has 1 saturated heterocycles. The van der Waals surface area contributed by atoms with Gasteiger partial charge in [0.2, 0.25) is 16.0 Å². The summed E-state index contributed by atoms with van der Waals surface area (Å²) in [4.78, 5) is 20.0. The van der Waals surface area contributed by atoms with Crippen LogP contribution in [0.2, 0.25) is 0 Å². The number of carbonyl (C=O) groups is 1. The van der Waals surface area contributed by atoms with Crippen LogP contribution < -0.4 is 14.2 Å². The number of ether oxygens (including phenoxy) is 2. The fourth-order valence-electron chi connectivity index (χ4n) is 4.24. The number of carbonyl (C=O) groups excluding carboxylic acids is 1. The van der Waals surface area contributed by atoms with Gasteiger partial charge in [-0.25, -0.2) is 13.2 Å². The Hall–Kier alpha value is -3.87. The van der Waals surface area contributed by atoms with Gasteiger partial charge in [0.05, 0.1) is 20.0 Å². The number of aryl methyl sites for hydroxylation is 1. The Balaban J connectivity index is 1.73. The first kappa shape index (κ1) is 26.2. The predicted molar refractivity (Wildman–Crippen MR) is 139 cm³/mol. The van der Waals surface area contributed by atoms with Crippen molar-refractivity contribution in [2.75, 3.05) is 44.8 Å². The molecule has 2 amide bonds. The normalized spacial score (nSPS) is 16.1. The van der Waals surface area contributed by atoms with Crippen LogP contribution in [0.25, 0.3) is 17.1 Å². The number of methoxy groups -OCH3 is 2. The summed E-state index contributed by atoms with van der Waals surface area (Å²) in [5.41, 5.74) is 1.95. The van der Waals surface area contributed by atoms with Crippen molar-refractivity contribution in [1.82, 2.24) is 29.5 Å². The van der Waals surface area contributed by atoms with Gasteiger partial charge in [0.25, 0.3) is 0 Å². The predicted octanol–water partition coefficient (Wildman–Crippen LogP) is 2.54. The van der Waals surface area contributed by atoms with Gasteiger partial charge in [0.1, 0.15) is 17.2 Å². The largest absolute Gasteiger partial charge is 0.494 e. The van der Waals surface area contributed by atoms with E-state index in [1.54, 1.807) is 47.4 Å². The topological polar surface area (TPSA) is 132 Å². The third-order valence-electron chi connectivity index (χ3n) is 6.26. The zero-order valence-electron chi connectivity index (χ0n) is 21.5. The number of urea groups is 1. The average molecular weight is 530 g/mol. The molecule has 37 heavy (non-hydrogen) atoms. The van der Waals surface area contributed by atoms with Gasteiger partial charge in [0.15, 0.2) is 5.82 Å². The molecule has 198 valence electrons. The number of hydrogen-bond donors (Lipinski definition) is 1. The van der Waals surface area contributed by atoms with Crippen LogP contribution in [0.15, 0.2) is 36.7 Å². The molecule has 3 aromatic rings. The maximum Gasteiger partial charge on any atom is 0.320 e. The van der Waals surface area contributed by atoms with Gasteiger partial charge in [-0.15, -0.1) is 10.2 Å². The number of sulfonamides is 1. The number of rotatable bonds is 9. The number of para-hydroxylation sites is 1. The molecule has 0 saturated carbocycles. The lowest BCUT2D eigenvalue weighted by Gasteiger charge is -2.38. The highest BCUT2D eigenvalue weighted by atomic mass is 32.2. The zero-order valence-corrected chi connectivity index (χ0v) is 22.3. The van der Waals surface area contributed by atoms with Crippen LogP contribution in [0.3, 0.4) is 0 Å². The summed E-state index contributed by atoms with van der Waals surface area (Å²) in [5, 5.41) is 8.45.